The molecule has 0 aromatic rings. The molecule has 2 aliphatic rings. The molecule has 2 aliphatic heterocycles. The van der Waals surface area contributed by atoms with Gasteiger partial charge in [-0.3, -0.25) is 4.79 Å². The third-order valence-electron chi connectivity index (χ3n) is 4.19. The largest absolute Gasteiger partial charge is 0.352 e. The molecule has 0 spiro atoms. The van der Waals surface area contributed by atoms with Crippen LogP contribution in [0.2, 0.25) is 0 Å². The van der Waals surface area contributed by atoms with Gasteiger partial charge in [-0.25, -0.2) is 0 Å². The Kier molecular flexibility index (Phi) is 5.45. The Hall–Kier alpha value is -0.610. The molecular formula is C14H27N3O. The number of carbonyl (C=O) groups is 1. The van der Waals surface area contributed by atoms with Crippen molar-refractivity contribution in [2.24, 2.45) is 0 Å². The topological polar surface area (TPSA) is 44.4 Å². The minimum Gasteiger partial charge on any atom is -0.352 e. The molecule has 104 valence electrons. The van der Waals surface area contributed by atoms with Crippen LogP contribution in [0, 0.1) is 0 Å². The van der Waals surface area contributed by atoms with Crippen LogP contribution in [0.25, 0.3) is 0 Å². The minimum absolute atomic E-state index is 0.0463. The summed E-state index contributed by atoms with van der Waals surface area (Å²) in [5.41, 5.74) is 0. The number of hydrogen-bond acceptors (Lipinski definition) is 3. The summed E-state index contributed by atoms with van der Waals surface area (Å²) >= 11 is 0. The SMILES string of the molecule is CN1CCC(NC(=O)C2CCCCCCN2)CC1. The first kappa shape index (κ1) is 13.8. The molecule has 1 atom stereocenters. The van der Waals surface area contributed by atoms with Gasteiger partial charge in [0.05, 0.1) is 6.04 Å². The third-order valence-corrected chi connectivity index (χ3v) is 4.19. The summed E-state index contributed by atoms with van der Waals surface area (Å²) in [5, 5.41) is 6.63. The molecule has 4 nitrogen and oxygen atoms in total. The summed E-state index contributed by atoms with van der Waals surface area (Å²) in [4.78, 5) is 14.6. The van der Waals surface area contributed by atoms with Gasteiger partial charge in [0, 0.05) is 6.04 Å². The van der Waals surface area contributed by atoms with Gasteiger partial charge in [0.2, 0.25) is 5.91 Å². The summed E-state index contributed by atoms with van der Waals surface area (Å²) in [6.07, 6.45) is 8.15. The molecule has 1 unspecified atom stereocenters. The second-order valence-corrected chi connectivity index (χ2v) is 5.80. The fourth-order valence-corrected chi connectivity index (χ4v) is 2.88. The molecule has 1 amide bonds. The summed E-state index contributed by atoms with van der Waals surface area (Å²) in [6, 6.07) is 0.436. The van der Waals surface area contributed by atoms with Gasteiger partial charge in [-0.15, -0.1) is 0 Å². The number of nitrogens with zero attached hydrogens (tertiary/aromatic N) is 1. The van der Waals surface area contributed by atoms with E-state index in [0.29, 0.717) is 6.04 Å². The van der Waals surface area contributed by atoms with Gasteiger partial charge in [-0.05, 0) is 52.4 Å². The third kappa shape index (κ3) is 4.25. The van der Waals surface area contributed by atoms with E-state index in [0.717, 1.165) is 38.9 Å². The Morgan fingerprint density at radius 2 is 1.83 bits per heavy atom. The van der Waals surface area contributed by atoms with Crippen LogP contribution < -0.4 is 10.6 Å². The summed E-state index contributed by atoms with van der Waals surface area (Å²) in [7, 11) is 2.15. The van der Waals surface area contributed by atoms with Crippen LogP contribution in [-0.4, -0.2) is 49.6 Å². The maximum atomic E-state index is 12.2. The number of amides is 1. The molecule has 0 aromatic carbocycles. The van der Waals surface area contributed by atoms with E-state index in [-0.39, 0.29) is 11.9 Å². The maximum absolute atomic E-state index is 12.2. The smallest absolute Gasteiger partial charge is 0.237 e. The van der Waals surface area contributed by atoms with Crippen molar-refractivity contribution in [3.05, 3.63) is 0 Å². The normalized spacial score (nSPS) is 28.4. The molecule has 0 saturated carbocycles. The fraction of sp³-hybridized carbons (Fsp3) is 0.929. The van der Waals surface area contributed by atoms with E-state index in [1.165, 1.54) is 25.7 Å². The minimum atomic E-state index is 0.0463. The van der Waals surface area contributed by atoms with Crippen LogP contribution >= 0.6 is 0 Å². The first-order valence-electron chi connectivity index (χ1n) is 7.48. The van der Waals surface area contributed by atoms with E-state index in [1.807, 2.05) is 0 Å². The second kappa shape index (κ2) is 7.10. The highest BCUT2D eigenvalue weighted by Crippen LogP contribution is 2.12. The van der Waals surface area contributed by atoms with Gasteiger partial charge in [0.1, 0.15) is 0 Å². The van der Waals surface area contributed by atoms with Crippen molar-refractivity contribution in [2.75, 3.05) is 26.7 Å². The fourth-order valence-electron chi connectivity index (χ4n) is 2.88. The molecule has 4 heteroatoms. The van der Waals surface area contributed by atoms with Crippen molar-refractivity contribution in [1.29, 1.82) is 0 Å². The van der Waals surface area contributed by atoms with E-state index >= 15 is 0 Å². The highest BCUT2D eigenvalue weighted by atomic mass is 16.2. The number of carbonyl (C=O) groups excluding carboxylic acids is 1. The maximum Gasteiger partial charge on any atom is 0.237 e. The molecule has 0 radical (unpaired) electrons. The van der Waals surface area contributed by atoms with E-state index < -0.39 is 0 Å². The van der Waals surface area contributed by atoms with Crippen LogP contribution in [0.15, 0.2) is 0 Å². The number of nitrogens with one attached hydrogen (secondary N) is 2. The van der Waals surface area contributed by atoms with Gasteiger partial charge in [-0.1, -0.05) is 19.3 Å². The number of likely N-dealkylation sites (tertiary alicyclic amines) is 1. The van der Waals surface area contributed by atoms with Gasteiger partial charge in [0.25, 0.3) is 0 Å². The molecule has 0 bridgehead atoms. The molecule has 2 fully saturated rings. The van der Waals surface area contributed by atoms with Crippen LogP contribution in [0.4, 0.5) is 0 Å². The molecule has 2 heterocycles. The van der Waals surface area contributed by atoms with Crippen LogP contribution in [0.3, 0.4) is 0 Å². The molecule has 2 saturated heterocycles. The Morgan fingerprint density at radius 3 is 2.61 bits per heavy atom. The lowest BCUT2D eigenvalue weighted by Gasteiger charge is -2.31. The van der Waals surface area contributed by atoms with Crippen molar-refractivity contribution in [2.45, 2.75) is 57.0 Å². The van der Waals surface area contributed by atoms with Crippen LogP contribution in [0.5, 0.6) is 0 Å². The highest BCUT2D eigenvalue weighted by molar-refractivity contribution is 5.82. The zero-order chi connectivity index (χ0) is 12.8. The van der Waals surface area contributed by atoms with E-state index in [4.69, 9.17) is 0 Å². The van der Waals surface area contributed by atoms with Gasteiger partial charge < -0.3 is 15.5 Å². The molecular weight excluding hydrogens is 226 g/mol. The monoisotopic (exact) mass is 253 g/mol. The Bertz CT molecular complexity index is 254. The number of rotatable bonds is 2. The predicted molar refractivity (Wildman–Crippen MR) is 73.5 cm³/mol. The quantitative estimate of drug-likeness (QED) is 0.775. The molecule has 2 rings (SSSR count). The lowest BCUT2D eigenvalue weighted by Crippen LogP contribution is -2.51. The summed E-state index contributed by atoms with van der Waals surface area (Å²) in [5.74, 6) is 0.228. The van der Waals surface area contributed by atoms with Gasteiger partial charge in [0.15, 0.2) is 0 Å². The second-order valence-electron chi connectivity index (χ2n) is 5.80. The summed E-state index contributed by atoms with van der Waals surface area (Å²) < 4.78 is 0. The average molecular weight is 253 g/mol. The lowest BCUT2D eigenvalue weighted by atomic mass is 10.0. The average Bonchev–Trinajstić information content (AvgIpc) is 2.31. The van der Waals surface area contributed by atoms with Crippen molar-refractivity contribution in [3.8, 4) is 0 Å². The Balaban J connectivity index is 1.75. The van der Waals surface area contributed by atoms with Gasteiger partial charge in [-0.2, -0.15) is 0 Å². The first-order valence-corrected chi connectivity index (χ1v) is 7.48. The van der Waals surface area contributed by atoms with Crippen LogP contribution in [0.1, 0.15) is 44.9 Å². The van der Waals surface area contributed by atoms with Crippen molar-refractivity contribution in [1.82, 2.24) is 15.5 Å². The van der Waals surface area contributed by atoms with Crippen molar-refractivity contribution >= 4 is 5.91 Å². The highest BCUT2D eigenvalue weighted by Gasteiger charge is 2.23. The molecule has 18 heavy (non-hydrogen) atoms. The zero-order valence-electron chi connectivity index (χ0n) is 11.6. The lowest BCUT2D eigenvalue weighted by molar-refractivity contribution is -0.124. The molecule has 0 aromatic heterocycles. The Labute approximate surface area is 110 Å². The number of hydrogen-bond donors (Lipinski definition) is 2. The predicted octanol–water partition coefficient (Wildman–Crippen LogP) is 1.12. The molecule has 2 N–H and O–H groups in total. The Morgan fingerprint density at radius 1 is 1.11 bits per heavy atom. The number of piperidine rings is 1. The van der Waals surface area contributed by atoms with Crippen molar-refractivity contribution < 1.29 is 4.79 Å². The zero-order valence-corrected chi connectivity index (χ0v) is 11.6. The van der Waals surface area contributed by atoms with Crippen molar-refractivity contribution in [3.63, 3.8) is 0 Å². The summed E-state index contributed by atoms with van der Waals surface area (Å²) in [6.45, 7) is 3.19. The standard InChI is InChI=1S/C14H27N3O/c1-17-10-7-12(8-11-17)16-14(18)13-6-4-2-3-5-9-15-13/h12-13,15H,2-11H2,1H3,(H,16,18). The molecule has 0 aliphatic carbocycles. The van der Waals surface area contributed by atoms with E-state index in [9.17, 15) is 4.79 Å². The first-order chi connectivity index (χ1) is 8.75. The van der Waals surface area contributed by atoms with Gasteiger partial charge >= 0.3 is 0 Å². The van der Waals surface area contributed by atoms with E-state index in [1.54, 1.807) is 0 Å². The van der Waals surface area contributed by atoms with Crippen LogP contribution in [-0.2, 0) is 4.79 Å². The van der Waals surface area contributed by atoms with E-state index in [2.05, 4.69) is 22.6 Å².